The first kappa shape index (κ1) is 17.5. The maximum atomic E-state index is 12.4. The van der Waals surface area contributed by atoms with Crippen LogP contribution >= 0.6 is 11.8 Å². The number of aliphatic hydroxyl groups is 1. The number of aromatic hydroxyl groups is 1. The maximum absolute atomic E-state index is 12.4. The lowest BCUT2D eigenvalue weighted by atomic mass is 10.0. The van der Waals surface area contributed by atoms with Crippen LogP contribution in [-0.4, -0.2) is 44.1 Å². The van der Waals surface area contributed by atoms with Crippen LogP contribution in [0.15, 0.2) is 42.6 Å². The molecule has 3 atom stereocenters. The summed E-state index contributed by atoms with van der Waals surface area (Å²) < 4.78 is 0. The topological polar surface area (TPSA) is 116 Å². The zero-order valence-corrected chi connectivity index (χ0v) is 14.2. The second kappa shape index (κ2) is 6.91. The fourth-order valence-electron chi connectivity index (χ4n) is 2.74. The molecule has 0 spiro atoms. The fraction of sp³-hybridized carbons (Fsp3) is 0.294. The van der Waals surface area contributed by atoms with E-state index in [2.05, 4.69) is 11.9 Å². The lowest BCUT2D eigenvalue weighted by molar-refractivity contribution is -0.145. The first-order valence-electron chi connectivity index (χ1n) is 7.71. The summed E-state index contributed by atoms with van der Waals surface area (Å²) >= 11 is 1.56. The number of hydrogen-bond donors (Lipinski definition) is 4. The number of aliphatic hydroxyl groups excluding tert-OH is 1. The highest BCUT2D eigenvalue weighted by Gasteiger charge is 2.49. The predicted molar refractivity (Wildman–Crippen MR) is 94.3 cm³/mol. The number of phenols is 1. The predicted octanol–water partition coefficient (Wildman–Crippen LogP) is 0.354. The number of carbonyl (C=O) groups excluding carboxylic acids is 2. The van der Waals surface area contributed by atoms with E-state index < -0.39 is 18.0 Å². The highest BCUT2D eigenvalue weighted by molar-refractivity contribution is 8.00. The minimum atomic E-state index is -1.02. The molecule has 1 aromatic rings. The van der Waals surface area contributed by atoms with Crippen molar-refractivity contribution in [2.45, 2.75) is 24.1 Å². The van der Waals surface area contributed by atoms with Gasteiger partial charge in [0.05, 0.1) is 6.61 Å². The molecule has 2 aliphatic rings. The van der Waals surface area contributed by atoms with Crippen LogP contribution in [0.5, 0.6) is 5.75 Å². The van der Waals surface area contributed by atoms with Crippen molar-refractivity contribution in [2.75, 3.05) is 5.75 Å². The van der Waals surface area contributed by atoms with Crippen LogP contribution in [0.25, 0.3) is 0 Å². The number of benzene rings is 1. The molecule has 8 heteroatoms. The van der Waals surface area contributed by atoms with Gasteiger partial charge in [0.2, 0.25) is 5.91 Å². The Kier molecular flexibility index (Phi) is 4.85. The summed E-state index contributed by atoms with van der Waals surface area (Å²) in [5, 5.41) is 21.4. The van der Waals surface area contributed by atoms with Crippen molar-refractivity contribution in [1.82, 2.24) is 10.2 Å². The number of β-lactam (4-membered cyclic amide) rings is 1. The van der Waals surface area contributed by atoms with E-state index in [1.54, 1.807) is 35.0 Å². The van der Waals surface area contributed by atoms with E-state index >= 15 is 0 Å². The summed E-state index contributed by atoms with van der Waals surface area (Å²) in [7, 11) is 0. The van der Waals surface area contributed by atoms with E-state index in [0.29, 0.717) is 11.1 Å². The molecule has 1 unspecified atom stereocenters. The molecule has 2 heterocycles. The molecule has 0 aliphatic carbocycles. The molecule has 2 aliphatic heterocycles. The fourth-order valence-corrected chi connectivity index (χ4v) is 4.00. The summed E-state index contributed by atoms with van der Waals surface area (Å²) in [5.41, 5.74) is 7.66. The van der Waals surface area contributed by atoms with Gasteiger partial charge in [-0.3, -0.25) is 9.59 Å². The molecule has 0 bridgehead atoms. The van der Waals surface area contributed by atoms with Crippen molar-refractivity contribution in [2.24, 2.45) is 5.73 Å². The van der Waals surface area contributed by atoms with E-state index in [4.69, 9.17) is 10.8 Å². The van der Waals surface area contributed by atoms with Crippen molar-refractivity contribution < 1.29 is 19.8 Å². The zero-order valence-electron chi connectivity index (χ0n) is 13.4. The standard InChI is InChI=1S/C17H19N3O4S/c1-2-9-6-20-16(24)14(17(20)25-8-9)19-15(23)13(18)10-3-4-11(7-21)12(22)5-10/h2-6,13-14,17,21-22H,1,7-8,18H2,(H,19,23)/t13-,14?,17+/m1/s1. The van der Waals surface area contributed by atoms with Crippen LogP contribution in [0.3, 0.4) is 0 Å². The molecule has 1 aromatic carbocycles. The third kappa shape index (κ3) is 3.15. The third-order valence-corrected chi connectivity index (χ3v) is 5.63. The van der Waals surface area contributed by atoms with Gasteiger partial charge in [-0.2, -0.15) is 0 Å². The summed E-state index contributed by atoms with van der Waals surface area (Å²) in [5.74, 6) is -0.0738. The molecule has 0 aromatic heterocycles. The van der Waals surface area contributed by atoms with E-state index in [1.807, 2.05) is 0 Å². The Balaban J connectivity index is 1.67. The molecular weight excluding hydrogens is 342 g/mol. The Morgan fingerprint density at radius 1 is 1.56 bits per heavy atom. The minimum Gasteiger partial charge on any atom is -0.508 e. The van der Waals surface area contributed by atoms with Crippen molar-refractivity contribution in [3.63, 3.8) is 0 Å². The molecular formula is C17H19N3O4S. The largest absolute Gasteiger partial charge is 0.508 e. The molecule has 3 rings (SSSR count). The summed E-state index contributed by atoms with van der Waals surface area (Å²) in [6, 6.07) is 2.79. The smallest absolute Gasteiger partial charge is 0.253 e. The average molecular weight is 361 g/mol. The lowest BCUT2D eigenvalue weighted by Crippen LogP contribution is -2.69. The van der Waals surface area contributed by atoms with Crippen molar-refractivity contribution in [1.29, 1.82) is 0 Å². The number of fused-ring (bicyclic) bond motifs is 1. The summed E-state index contributed by atoms with van der Waals surface area (Å²) in [6.45, 7) is 3.39. The number of nitrogens with one attached hydrogen (secondary N) is 1. The molecule has 0 saturated carbocycles. The molecule has 1 fully saturated rings. The monoisotopic (exact) mass is 361 g/mol. The van der Waals surface area contributed by atoms with Gasteiger partial charge in [-0.05, 0) is 17.2 Å². The number of thioether (sulfide) groups is 1. The van der Waals surface area contributed by atoms with Gasteiger partial charge in [0, 0.05) is 17.5 Å². The van der Waals surface area contributed by atoms with E-state index in [1.165, 1.54) is 12.1 Å². The molecule has 1 saturated heterocycles. The van der Waals surface area contributed by atoms with Crippen LogP contribution in [0, 0.1) is 0 Å². The van der Waals surface area contributed by atoms with Crippen LogP contribution in [0.1, 0.15) is 17.2 Å². The Morgan fingerprint density at radius 2 is 2.32 bits per heavy atom. The molecule has 7 nitrogen and oxygen atoms in total. The number of rotatable bonds is 5. The summed E-state index contributed by atoms with van der Waals surface area (Å²) in [6.07, 6.45) is 3.46. The number of carbonyl (C=O) groups is 2. The van der Waals surface area contributed by atoms with Crippen LogP contribution in [0.4, 0.5) is 0 Å². The third-order valence-electron chi connectivity index (χ3n) is 4.29. The number of nitrogens with zero attached hydrogens (tertiary/aromatic N) is 1. The van der Waals surface area contributed by atoms with Crippen LogP contribution in [-0.2, 0) is 16.2 Å². The van der Waals surface area contributed by atoms with Gasteiger partial charge in [0.15, 0.2) is 0 Å². The van der Waals surface area contributed by atoms with Crippen molar-refractivity contribution in [3.8, 4) is 5.75 Å². The Bertz CT molecular complexity index is 764. The number of hydrogen-bond acceptors (Lipinski definition) is 6. The first-order valence-corrected chi connectivity index (χ1v) is 8.76. The van der Waals surface area contributed by atoms with Gasteiger partial charge in [0.1, 0.15) is 23.2 Å². The first-order chi connectivity index (χ1) is 12.0. The van der Waals surface area contributed by atoms with Crippen molar-refractivity contribution in [3.05, 3.63) is 53.8 Å². The summed E-state index contributed by atoms with van der Waals surface area (Å²) in [4.78, 5) is 26.2. The highest BCUT2D eigenvalue weighted by Crippen LogP contribution is 2.36. The Labute approximate surface area is 149 Å². The van der Waals surface area contributed by atoms with Gasteiger partial charge in [0.25, 0.3) is 5.91 Å². The number of nitrogens with two attached hydrogens (primary N) is 1. The second-order valence-corrected chi connectivity index (χ2v) is 6.97. The van der Waals surface area contributed by atoms with E-state index in [9.17, 15) is 14.7 Å². The van der Waals surface area contributed by atoms with Gasteiger partial charge in [-0.1, -0.05) is 24.8 Å². The van der Waals surface area contributed by atoms with Crippen molar-refractivity contribution >= 4 is 23.6 Å². The normalized spacial score (nSPS) is 23.2. The maximum Gasteiger partial charge on any atom is 0.253 e. The van der Waals surface area contributed by atoms with Gasteiger partial charge < -0.3 is 26.2 Å². The average Bonchev–Trinajstić information content (AvgIpc) is 2.64. The molecule has 5 N–H and O–H groups in total. The van der Waals surface area contributed by atoms with E-state index in [-0.39, 0.29) is 23.6 Å². The second-order valence-electron chi connectivity index (χ2n) is 5.87. The molecule has 132 valence electrons. The van der Waals surface area contributed by atoms with Crippen LogP contribution in [0.2, 0.25) is 0 Å². The Hall–Kier alpha value is -2.29. The van der Waals surface area contributed by atoms with Gasteiger partial charge >= 0.3 is 0 Å². The van der Waals surface area contributed by atoms with Crippen LogP contribution < -0.4 is 11.1 Å². The van der Waals surface area contributed by atoms with Gasteiger partial charge in [-0.15, -0.1) is 11.8 Å². The molecule has 0 radical (unpaired) electrons. The number of amides is 2. The minimum absolute atomic E-state index is 0.126. The quantitative estimate of drug-likeness (QED) is 0.563. The lowest BCUT2D eigenvalue weighted by Gasteiger charge is -2.47. The molecule has 2 amide bonds. The molecule has 25 heavy (non-hydrogen) atoms. The SMILES string of the molecule is C=CC1=CN2C(=O)C(NC(=O)[C@H](N)c3ccc(CO)c(O)c3)[C@@H]2SC1. The zero-order chi connectivity index (χ0) is 18.1. The van der Waals surface area contributed by atoms with E-state index in [0.717, 1.165) is 11.3 Å². The van der Waals surface area contributed by atoms with Gasteiger partial charge in [-0.25, -0.2) is 0 Å². The highest BCUT2D eigenvalue weighted by atomic mass is 32.2. The number of allylic oxidation sites excluding steroid dienone is 1. The Morgan fingerprint density at radius 3 is 2.96 bits per heavy atom.